The molecule has 1 fully saturated rings. The fraction of sp³-hybridized carbons (Fsp3) is 0.636. The SMILES string of the molecule is CC[C@@H]1C[C@H](N(Cc2cc(C(F)(F)F)cc(C(F)(F)F)c2)c2nn[nH]n2)CC(C)N1C(=O)OC(C)C. The Bertz CT molecular complexity index is 995. The number of halogens is 6. The highest BCUT2D eigenvalue weighted by Crippen LogP contribution is 2.38. The van der Waals surface area contributed by atoms with E-state index in [1.807, 2.05) is 13.8 Å². The maximum absolute atomic E-state index is 13.4. The molecule has 1 amide bonds. The first-order chi connectivity index (χ1) is 16.7. The lowest BCUT2D eigenvalue weighted by Crippen LogP contribution is -2.56. The third kappa shape index (κ3) is 6.38. The van der Waals surface area contributed by atoms with Crippen LogP contribution in [-0.4, -0.2) is 55.8 Å². The lowest BCUT2D eigenvalue weighted by atomic mass is 9.89. The summed E-state index contributed by atoms with van der Waals surface area (Å²) in [4.78, 5) is 15.9. The molecule has 3 rings (SSSR count). The summed E-state index contributed by atoms with van der Waals surface area (Å²) in [5, 5.41) is 13.6. The summed E-state index contributed by atoms with van der Waals surface area (Å²) in [6.07, 6.45) is -9.40. The summed E-state index contributed by atoms with van der Waals surface area (Å²) >= 11 is 0. The Hall–Kier alpha value is -3.06. The molecule has 1 N–H and O–H groups in total. The van der Waals surface area contributed by atoms with Gasteiger partial charge in [0, 0.05) is 24.7 Å². The monoisotopic (exact) mass is 522 g/mol. The van der Waals surface area contributed by atoms with Gasteiger partial charge in [0.05, 0.1) is 17.2 Å². The van der Waals surface area contributed by atoms with Gasteiger partial charge in [0.25, 0.3) is 5.95 Å². The van der Waals surface area contributed by atoms with Crippen molar-refractivity contribution in [3.05, 3.63) is 34.9 Å². The third-order valence-electron chi connectivity index (χ3n) is 6.08. The maximum atomic E-state index is 13.4. The third-order valence-corrected chi connectivity index (χ3v) is 6.08. The van der Waals surface area contributed by atoms with Gasteiger partial charge >= 0.3 is 18.4 Å². The molecular weight excluding hydrogens is 494 g/mol. The Morgan fingerprint density at radius 2 is 1.75 bits per heavy atom. The number of likely N-dealkylation sites (tertiary alicyclic amines) is 1. The Labute approximate surface area is 204 Å². The van der Waals surface area contributed by atoms with E-state index in [4.69, 9.17) is 4.74 Å². The Morgan fingerprint density at radius 3 is 2.22 bits per heavy atom. The van der Waals surface area contributed by atoms with Crippen molar-refractivity contribution in [2.24, 2.45) is 0 Å². The molecule has 1 aliphatic heterocycles. The highest BCUT2D eigenvalue weighted by Gasteiger charge is 2.41. The summed E-state index contributed by atoms with van der Waals surface area (Å²) in [5.74, 6) is 0.0335. The van der Waals surface area contributed by atoms with Crippen molar-refractivity contribution in [2.45, 2.75) is 90.1 Å². The van der Waals surface area contributed by atoms with Crippen LogP contribution in [0.3, 0.4) is 0 Å². The molecule has 2 aromatic rings. The quantitative estimate of drug-likeness (QED) is 0.510. The molecule has 1 aromatic heterocycles. The van der Waals surface area contributed by atoms with Crippen molar-refractivity contribution in [2.75, 3.05) is 4.90 Å². The van der Waals surface area contributed by atoms with E-state index in [9.17, 15) is 31.1 Å². The van der Waals surface area contributed by atoms with Gasteiger partial charge < -0.3 is 14.5 Å². The number of alkyl halides is 6. The van der Waals surface area contributed by atoms with Crippen LogP contribution in [0.5, 0.6) is 0 Å². The van der Waals surface area contributed by atoms with Gasteiger partial charge in [-0.05, 0) is 69.0 Å². The van der Waals surface area contributed by atoms with Crippen LogP contribution in [0.2, 0.25) is 0 Å². The minimum Gasteiger partial charge on any atom is -0.447 e. The van der Waals surface area contributed by atoms with Crippen molar-refractivity contribution in [3.8, 4) is 0 Å². The van der Waals surface area contributed by atoms with E-state index in [-0.39, 0.29) is 42.3 Å². The van der Waals surface area contributed by atoms with Crippen molar-refractivity contribution in [3.63, 3.8) is 0 Å². The van der Waals surface area contributed by atoms with Gasteiger partial charge in [0.15, 0.2) is 0 Å². The van der Waals surface area contributed by atoms with Crippen LogP contribution in [0, 0.1) is 0 Å². The molecule has 2 heterocycles. The number of aromatic nitrogens is 4. The van der Waals surface area contributed by atoms with E-state index in [1.54, 1.807) is 18.7 Å². The van der Waals surface area contributed by atoms with Crippen molar-refractivity contribution in [1.82, 2.24) is 25.5 Å². The highest BCUT2D eigenvalue weighted by molar-refractivity contribution is 5.69. The number of piperidine rings is 1. The Morgan fingerprint density at radius 1 is 1.14 bits per heavy atom. The molecule has 1 aromatic carbocycles. The minimum absolute atomic E-state index is 0.0335. The van der Waals surface area contributed by atoms with Crippen LogP contribution in [-0.2, 0) is 23.6 Å². The van der Waals surface area contributed by atoms with Gasteiger partial charge in [-0.1, -0.05) is 12.0 Å². The van der Waals surface area contributed by atoms with E-state index in [2.05, 4.69) is 20.6 Å². The summed E-state index contributed by atoms with van der Waals surface area (Å²) in [5.41, 5.74) is -3.00. The molecule has 3 atom stereocenters. The lowest BCUT2D eigenvalue weighted by Gasteiger charge is -2.46. The first kappa shape index (κ1) is 27.5. The van der Waals surface area contributed by atoms with E-state index >= 15 is 0 Å². The number of aromatic amines is 1. The number of rotatable bonds is 6. The number of tetrazole rings is 1. The standard InChI is InChI=1S/C22H28F6N6O2/c1-5-17-10-18(6-13(4)34(17)20(35)36-12(2)3)33(19-29-31-32-30-19)11-14-7-15(21(23,24)25)9-16(8-14)22(26,27)28/h7-9,12-13,17-18H,5-6,10-11H2,1-4H3,(H,29,30,31,32)/t13?,17-,18-/m1/s1. The van der Waals surface area contributed by atoms with Crippen LogP contribution < -0.4 is 4.90 Å². The molecule has 0 radical (unpaired) electrons. The van der Waals surface area contributed by atoms with E-state index < -0.39 is 35.6 Å². The number of hydrogen-bond acceptors (Lipinski definition) is 6. The number of nitrogens with zero attached hydrogens (tertiary/aromatic N) is 5. The zero-order chi connectivity index (χ0) is 26.8. The molecular formula is C22H28F6N6O2. The van der Waals surface area contributed by atoms with Crippen LogP contribution >= 0.6 is 0 Å². The van der Waals surface area contributed by atoms with Gasteiger partial charge in [-0.25, -0.2) is 4.79 Å². The molecule has 200 valence electrons. The molecule has 36 heavy (non-hydrogen) atoms. The van der Waals surface area contributed by atoms with Crippen LogP contribution in [0.4, 0.5) is 37.1 Å². The second-order valence-corrected chi connectivity index (χ2v) is 9.13. The van der Waals surface area contributed by atoms with Gasteiger partial charge in [0.1, 0.15) is 0 Å². The number of nitrogens with one attached hydrogen (secondary N) is 1. The Balaban J connectivity index is 1.96. The summed E-state index contributed by atoms with van der Waals surface area (Å²) < 4.78 is 85.7. The highest BCUT2D eigenvalue weighted by atomic mass is 19.4. The zero-order valence-electron chi connectivity index (χ0n) is 20.2. The number of anilines is 1. The zero-order valence-corrected chi connectivity index (χ0v) is 20.2. The molecule has 0 saturated carbocycles. The number of hydrogen-bond donors (Lipinski definition) is 1. The lowest BCUT2D eigenvalue weighted by molar-refractivity contribution is -0.143. The van der Waals surface area contributed by atoms with Gasteiger partial charge in [-0.3, -0.25) is 0 Å². The summed E-state index contributed by atoms with van der Waals surface area (Å²) in [6.45, 7) is 6.85. The first-order valence-electron chi connectivity index (χ1n) is 11.5. The number of ether oxygens (including phenoxy) is 1. The van der Waals surface area contributed by atoms with E-state index in [1.165, 1.54) is 4.90 Å². The molecule has 1 aliphatic rings. The van der Waals surface area contributed by atoms with Crippen LogP contribution in [0.25, 0.3) is 0 Å². The molecule has 0 spiro atoms. The molecule has 14 heteroatoms. The molecule has 0 bridgehead atoms. The van der Waals surface area contributed by atoms with Crippen molar-refractivity contribution >= 4 is 12.0 Å². The molecule has 0 aliphatic carbocycles. The van der Waals surface area contributed by atoms with Gasteiger partial charge in [-0.15, -0.1) is 5.10 Å². The number of carbonyl (C=O) groups is 1. The molecule has 1 saturated heterocycles. The summed E-state index contributed by atoms with van der Waals surface area (Å²) in [7, 11) is 0. The largest absolute Gasteiger partial charge is 0.447 e. The van der Waals surface area contributed by atoms with Gasteiger partial charge in [-0.2, -0.15) is 31.6 Å². The first-order valence-corrected chi connectivity index (χ1v) is 11.5. The maximum Gasteiger partial charge on any atom is 0.416 e. The average molecular weight is 522 g/mol. The van der Waals surface area contributed by atoms with Crippen LogP contribution in [0.1, 0.15) is 63.6 Å². The normalized spacial score (nSPS) is 21.1. The topological polar surface area (TPSA) is 87.2 Å². The second-order valence-electron chi connectivity index (χ2n) is 9.13. The predicted octanol–water partition coefficient (Wildman–Crippen LogP) is 5.42. The van der Waals surface area contributed by atoms with E-state index in [0.29, 0.717) is 31.4 Å². The number of carbonyl (C=O) groups excluding carboxylic acids is 1. The average Bonchev–Trinajstić information content (AvgIpc) is 3.29. The molecule has 8 nitrogen and oxygen atoms in total. The molecule has 1 unspecified atom stereocenters. The summed E-state index contributed by atoms with van der Waals surface area (Å²) in [6, 6.07) is 0.495. The van der Waals surface area contributed by atoms with Crippen molar-refractivity contribution in [1.29, 1.82) is 0 Å². The number of H-pyrrole nitrogens is 1. The van der Waals surface area contributed by atoms with E-state index in [0.717, 1.165) is 0 Å². The Kier molecular flexibility index (Phi) is 8.04. The fourth-order valence-corrected chi connectivity index (χ4v) is 4.55. The second kappa shape index (κ2) is 10.5. The van der Waals surface area contributed by atoms with Gasteiger partial charge in [0.2, 0.25) is 0 Å². The predicted molar refractivity (Wildman–Crippen MR) is 117 cm³/mol. The van der Waals surface area contributed by atoms with Crippen molar-refractivity contribution < 1.29 is 35.9 Å². The minimum atomic E-state index is -4.96. The number of amides is 1. The fourth-order valence-electron chi connectivity index (χ4n) is 4.55. The number of benzene rings is 1. The smallest absolute Gasteiger partial charge is 0.416 e. The van der Waals surface area contributed by atoms with Crippen LogP contribution in [0.15, 0.2) is 18.2 Å².